The molecule has 1 aromatic carbocycles. The van der Waals surface area contributed by atoms with Crippen molar-refractivity contribution in [2.75, 3.05) is 26.7 Å². The lowest BCUT2D eigenvalue weighted by atomic mass is 9.68. The Bertz CT molecular complexity index is 1170. The van der Waals surface area contributed by atoms with Gasteiger partial charge in [-0.2, -0.15) is 5.10 Å². The molecule has 4 heterocycles. The number of hydrogen-bond donors (Lipinski definition) is 1. The average molecular weight is 459 g/mol. The van der Waals surface area contributed by atoms with Crippen LogP contribution in [0.15, 0.2) is 29.8 Å². The summed E-state index contributed by atoms with van der Waals surface area (Å²) in [4.78, 5) is 19.0. The molecule has 3 aliphatic heterocycles. The lowest BCUT2D eigenvalue weighted by molar-refractivity contribution is 0.00128. The molecule has 3 saturated heterocycles. The molecule has 2 aromatic rings. The van der Waals surface area contributed by atoms with E-state index >= 15 is 0 Å². The monoisotopic (exact) mass is 458 g/mol. The highest BCUT2D eigenvalue weighted by atomic mass is 16.5. The van der Waals surface area contributed by atoms with Gasteiger partial charge < -0.3 is 9.64 Å². The van der Waals surface area contributed by atoms with Crippen molar-refractivity contribution in [3.8, 4) is 17.0 Å². The number of piperidine rings is 3. The third kappa shape index (κ3) is 3.10. The molecule has 1 aromatic heterocycles. The number of carbonyl (C=O) groups excluding carboxylic acids is 1. The van der Waals surface area contributed by atoms with Crippen molar-refractivity contribution in [3.63, 3.8) is 0 Å². The number of amides is 1. The largest absolute Gasteiger partial charge is 0.497 e. The van der Waals surface area contributed by atoms with Crippen molar-refractivity contribution < 1.29 is 9.53 Å². The SMILES string of the molecule is COc1ccc2c(c1)CCc1c-2n[nH]c1C(=O)N1CCCC2=C[C@@H]3C[C@@H](CN4CCCC[C@H]34)[C@@H]21. The Morgan fingerprint density at radius 1 is 1.15 bits per heavy atom. The van der Waals surface area contributed by atoms with Gasteiger partial charge in [-0.05, 0) is 87.1 Å². The van der Waals surface area contributed by atoms with E-state index in [1.165, 1.54) is 43.4 Å². The molecule has 0 unspecified atom stereocenters. The molecule has 34 heavy (non-hydrogen) atoms. The van der Waals surface area contributed by atoms with Crippen LogP contribution in [0.3, 0.4) is 0 Å². The summed E-state index contributed by atoms with van der Waals surface area (Å²) in [6.07, 6.45) is 11.9. The Kier molecular flexibility index (Phi) is 4.87. The van der Waals surface area contributed by atoms with Gasteiger partial charge in [0.2, 0.25) is 0 Å². The van der Waals surface area contributed by atoms with Crippen LogP contribution in [0.1, 0.15) is 60.1 Å². The number of fused-ring (bicyclic) bond motifs is 9. The number of nitrogens with one attached hydrogen (secondary N) is 1. The second kappa shape index (κ2) is 7.98. The van der Waals surface area contributed by atoms with Crippen molar-refractivity contribution in [1.82, 2.24) is 20.0 Å². The fourth-order valence-electron chi connectivity index (χ4n) is 7.75. The minimum absolute atomic E-state index is 0.153. The van der Waals surface area contributed by atoms with Crippen LogP contribution >= 0.6 is 0 Å². The normalized spacial score (nSPS) is 29.9. The Balaban J connectivity index is 1.21. The zero-order valence-electron chi connectivity index (χ0n) is 20.1. The van der Waals surface area contributed by atoms with E-state index < -0.39 is 0 Å². The standard InChI is InChI=1S/C28H34N4O2/c1-34-21-8-10-22-17(15-21)7-9-23-25(22)29-30-26(23)28(33)32-12-4-5-18-13-19-14-20(27(18)32)16-31-11-3-2-6-24(19)31/h8,10,13,15,19-20,24,27H,2-7,9,11-12,14,16H2,1H3,(H,29,30)/t19-,20+,24-,27-/m1/s1. The molecule has 7 rings (SSSR count). The fraction of sp³-hybridized carbons (Fsp3) is 0.571. The predicted octanol–water partition coefficient (Wildman–Crippen LogP) is 4.22. The van der Waals surface area contributed by atoms with E-state index in [0.29, 0.717) is 17.5 Å². The Hall–Kier alpha value is -2.60. The molecule has 1 N–H and O–H groups in total. The molecule has 0 saturated carbocycles. The molecule has 0 radical (unpaired) electrons. The van der Waals surface area contributed by atoms with Crippen LogP contribution < -0.4 is 4.74 Å². The number of methoxy groups -OCH3 is 1. The smallest absolute Gasteiger partial charge is 0.272 e. The molecular weight excluding hydrogens is 424 g/mol. The van der Waals surface area contributed by atoms with Gasteiger partial charge in [0, 0.05) is 30.3 Å². The maximum atomic E-state index is 14.0. The Labute approximate surface area is 201 Å². The van der Waals surface area contributed by atoms with Crippen LogP contribution in [0.2, 0.25) is 0 Å². The lowest BCUT2D eigenvalue weighted by Crippen LogP contribution is -2.60. The van der Waals surface area contributed by atoms with E-state index in [1.807, 2.05) is 6.07 Å². The Morgan fingerprint density at radius 2 is 2.09 bits per heavy atom. The number of carbonyl (C=O) groups is 1. The molecule has 178 valence electrons. The van der Waals surface area contributed by atoms with Crippen LogP contribution in [0.4, 0.5) is 0 Å². The summed E-state index contributed by atoms with van der Waals surface area (Å²) in [6, 6.07) is 7.18. The molecule has 6 nitrogen and oxygen atoms in total. The van der Waals surface area contributed by atoms with E-state index in [2.05, 4.69) is 38.2 Å². The van der Waals surface area contributed by atoms with Crippen molar-refractivity contribution in [3.05, 3.63) is 46.7 Å². The van der Waals surface area contributed by atoms with E-state index in [0.717, 1.165) is 67.4 Å². The Morgan fingerprint density at radius 3 is 3.00 bits per heavy atom. The summed E-state index contributed by atoms with van der Waals surface area (Å²) < 4.78 is 5.41. The second-order valence-corrected chi connectivity index (χ2v) is 11.0. The van der Waals surface area contributed by atoms with Gasteiger partial charge in [0.1, 0.15) is 11.4 Å². The first kappa shape index (κ1) is 20.7. The first-order chi connectivity index (χ1) is 16.7. The average Bonchev–Trinajstić information content (AvgIpc) is 3.32. The van der Waals surface area contributed by atoms with Crippen molar-refractivity contribution >= 4 is 5.91 Å². The van der Waals surface area contributed by atoms with Crippen molar-refractivity contribution in [2.24, 2.45) is 11.8 Å². The van der Waals surface area contributed by atoms with Crippen LogP contribution in [0.25, 0.3) is 11.3 Å². The minimum atomic E-state index is 0.153. The van der Waals surface area contributed by atoms with Crippen molar-refractivity contribution in [1.29, 1.82) is 0 Å². The van der Waals surface area contributed by atoms with E-state index in [1.54, 1.807) is 7.11 Å². The highest BCUT2D eigenvalue weighted by Gasteiger charge is 2.47. The number of rotatable bonds is 2. The van der Waals surface area contributed by atoms with Crippen molar-refractivity contribution in [2.45, 2.75) is 63.5 Å². The highest BCUT2D eigenvalue weighted by molar-refractivity contribution is 5.96. The summed E-state index contributed by atoms with van der Waals surface area (Å²) in [6.45, 7) is 3.25. The molecule has 5 aliphatic rings. The number of H-pyrrole nitrogens is 1. The van der Waals surface area contributed by atoms with Crippen LogP contribution in [-0.2, 0) is 12.8 Å². The van der Waals surface area contributed by atoms with Gasteiger partial charge in [-0.15, -0.1) is 0 Å². The molecule has 0 spiro atoms. The number of likely N-dealkylation sites (tertiary alicyclic amines) is 1. The molecule has 1 amide bonds. The topological polar surface area (TPSA) is 61.5 Å². The zero-order valence-corrected chi connectivity index (χ0v) is 20.1. The van der Waals surface area contributed by atoms with Gasteiger partial charge in [-0.3, -0.25) is 14.8 Å². The molecule has 2 bridgehead atoms. The summed E-state index contributed by atoms with van der Waals surface area (Å²) in [5.41, 5.74) is 6.66. The van der Waals surface area contributed by atoms with E-state index in [-0.39, 0.29) is 11.9 Å². The van der Waals surface area contributed by atoms with Gasteiger partial charge in [0.15, 0.2) is 0 Å². The highest BCUT2D eigenvalue weighted by Crippen LogP contribution is 2.45. The van der Waals surface area contributed by atoms with E-state index in [4.69, 9.17) is 4.74 Å². The van der Waals surface area contributed by atoms with Gasteiger partial charge >= 0.3 is 0 Å². The second-order valence-electron chi connectivity index (χ2n) is 11.0. The lowest BCUT2D eigenvalue weighted by Gasteiger charge is -2.54. The van der Waals surface area contributed by atoms with Crippen LogP contribution in [0, 0.1) is 11.8 Å². The molecule has 4 atom stereocenters. The van der Waals surface area contributed by atoms with Gasteiger partial charge in [-0.1, -0.05) is 18.1 Å². The number of aromatic amines is 1. The van der Waals surface area contributed by atoms with Gasteiger partial charge in [-0.25, -0.2) is 0 Å². The molecule has 6 heteroatoms. The maximum Gasteiger partial charge on any atom is 0.272 e. The quantitative estimate of drug-likeness (QED) is 0.685. The maximum absolute atomic E-state index is 14.0. The number of nitrogens with zero attached hydrogens (tertiary/aromatic N) is 3. The van der Waals surface area contributed by atoms with Gasteiger partial charge in [0.25, 0.3) is 5.91 Å². The number of ether oxygens (including phenoxy) is 1. The first-order valence-electron chi connectivity index (χ1n) is 13.2. The zero-order chi connectivity index (χ0) is 22.8. The first-order valence-corrected chi connectivity index (χ1v) is 13.2. The number of benzene rings is 1. The number of aryl methyl sites for hydroxylation is 1. The minimum Gasteiger partial charge on any atom is -0.497 e. The molecule has 3 fully saturated rings. The molecular formula is C28H34N4O2. The van der Waals surface area contributed by atoms with Crippen LogP contribution in [0.5, 0.6) is 5.75 Å². The number of aromatic nitrogens is 2. The van der Waals surface area contributed by atoms with Crippen LogP contribution in [-0.4, -0.2) is 64.7 Å². The summed E-state index contributed by atoms with van der Waals surface area (Å²) in [5, 5.41) is 7.83. The molecule has 2 aliphatic carbocycles. The van der Waals surface area contributed by atoms with E-state index in [9.17, 15) is 4.79 Å². The summed E-state index contributed by atoms with van der Waals surface area (Å²) >= 11 is 0. The third-order valence-electron chi connectivity index (χ3n) is 9.21. The van der Waals surface area contributed by atoms with Gasteiger partial charge in [0.05, 0.1) is 18.8 Å². The fourth-order valence-corrected chi connectivity index (χ4v) is 7.75. The summed E-state index contributed by atoms with van der Waals surface area (Å²) in [5.74, 6) is 2.28. The summed E-state index contributed by atoms with van der Waals surface area (Å²) in [7, 11) is 1.70. The predicted molar refractivity (Wildman–Crippen MR) is 131 cm³/mol. The number of hydrogen-bond acceptors (Lipinski definition) is 4. The third-order valence-corrected chi connectivity index (χ3v) is 9.21.